The number of carboxylic acid groups (broad SMARTS) is 1. The van der Waals surface area contributed by atoms with E-state index >= 15 is 0 Å². The van der Waals surface area contributed by atoms with Crippen LogP contribution in [0.3, 0.4) is 0 Å². The molecule has 1 heterocycles. The minimum absolute atomic E-state index is 0.0799. The predicted molar refractivity (Wildman–Crippen MR) is 74.9 cm³/mol. The molecule has 0 aliphatic heterocycles. The molecule has 0 radical (unpaired) electrons. The van der Waals surface area contributed by atoms with Crippen molar-refractivity contribution in [3.8, 4) is 0 Å². The Labute approximate surface area is 122 Å². The van der Waals surface area contributed by atoms with Gasteiger partial charge in [0.2, 0.25) is 0 Å². The third-order valence-corrected chi connectivity index (χ3v) is 3.87. The van der Waals surface area contributed by atoms with Gasteiger partial charge in [0.1, 0.15) is 5.82 Å². The zero-order chi connectivity index (χ0) is 13.8. The highest BCUT2D eigenvalue weighted by Crippen LogP contribution is 2.27. The van der Waals surface area contributed by atoms with E-state index in [9.17, 15) is 9.18 Å². The van der Waals surface area contributed by atoms with Crippen LogP contribution < -0.4 is 0 Å². The van der Waals surface area contributed by atoms with E-state index < -0.39 is 11.8 Å². The third-order valence-electron chi connectivity index (χ3n) is 2.33. The summed E-state index contributed by atoms with van der Waals surface area (Å²) in [5.74, 6) is -0.962. The van der Waals surface area contributed by atoms with Gasteiger partial charge in [0, 0.05) is 27.5 Å². The highest BCUT2D eigenvalue weighted by atomic mass is 79.9. The van der Waals surface area contributed by atoms with Gasteiger partial charge in [-0.05, 0) is 45.8 Å². The van der Waals surface area contributed by atoms with Crippen molar-refractivity contribution >= 4 is 33.7 Å². The highest BCUT2D eigenvalue weighted by Gasteiger charge is 2.09. The summed E-state index contributed by atoms with van der Waals surface area (Å²) in [5, 5.41) is 8.87. The second-order valence-electron chi connectivity index (χ2n) is 3.75. The smallest absolute Gasteiger partial charge is 0.335 e. The summed E-state index contributed by atoms with van der Waals surface area (Å²) in [7, 11) is 0. The minimum Gasteiger partial charge on any atom is -0.478 e. The van der Waals surface area contributed by atoms with Crippen molar-refractivity contribution in [3.05, 3.63) is 58.1 Å². The summed E-state index contributed by atoms with van der Waals surface area (Å²) in [6.07, 6.45) is 3.36. The van der Waals surface area contributed by atoms with Crippen molar-refractivity contribution in [1.82, 2.24) is 4.98 Å². The van der Waals surface area contributed by atoms with Crippen molar-refractivity contribution in [2.24, 2.45) is 0 Å². The number of nitrogens with zero attached hydrogens (tertiary/aromatic N) is 1. The Hall–Kier alpha value is -1.40. The van der Waals surface area contributed by atoms with E-state index in [1.54, 1.807) is 12.4 Å². The fourth-order valence-corrected chi connectivity index (χ4v) is 2.75. The number of thioether (sulfide) groups is 1. The zero-order valence-corrected chi connectivity index (χ0v) is 12.0. The molecule has 0 atom stereocenters. The van der Waals surface area contributed by atoms with E-state index in [4.69, 9.17) is 5.11 Å². The van der Waals surface area contributed by atoms with Crippen molar-refractivity contribution in [3.63, 3.8) is 0 Å². The van der Waals surface area contributed by atoms with E-state index in [1.807, 2.05) is 6.07 Å². The molecule has 0 unspecified atom stereocenters. The number of aromatic carboxylic acids is 1. The van der Waals surface area contributed by atoms with Crippen LogP contribution in [0.15, 0.2) is 46.0 Å². The van der Waals surface area contributed by atoms with Crippen LogP contribution in [-0.4, -0.2) is 16.1 Å². The number of hydrogen-bond acceptors (Lipinski definition) is 3. The van der Waals surface area contributed by atoms with E-state index in [0.717, 1.165) is 10.0 Å². The minimum atomic E-state index is -1.06. The lowest BCUT2D eigenvalue weighted by Crippen LogP contribution is -1.97. The fraction of sp³-hybridized carbons (Fsp3) is 0.0769. The van der Waals surface area contributed by atoms with E-state index in [-0.39, 0.29) is 5.56 Å². The molecule has 0 spiro atoms. The summed E-state index contributed by atoms with van der Waals surface area (Å²) in [6.45, 7) is 0. The van der Waals surface area contributed by atoms with Gasteiger partial charge in [-0.15, -0.1) is 11.8 Å². The maximum absolute atomic E-state index is 13.6. The topological polar surface area (TPSA) is 50.2 Å². The molecule has 0 saturated carbocycles. The quantitative estimate of drug-likeness (QED) is 0.854. The van der Waals surface area contributed by atoms with Gasteiger partial charge >= 0.3 is 5.97 Å². The van der Waals surface area contributed by atoms with E-state index in [2.05, 4.69) is 20.9 Å². The Balaban J connectivity index is 2.15. The van der Waals surface area contributed by atoms with Gasteiger partial charge in [0.05, 0.1) is 5.56 Å². The van der Waals surface area contributed by atoms with Gasteiger partial charge in [-0.1, -0.05) is 0 Å². The Morgan fingerprint density at radius 1 is 1.37 bits per heavy atom. The maximum atomic E-state index is 13.6. The average Bonchev–Trinajstić information content (AvgIpc) is 2.37. The molecule has 3 nitrogen and oxygen atoms in total. The lowest BCUT2D eigenvalue weighted by molar-refractivity contribution is 0.0696. The van der Waals surface area contributed by atoms with Crippen LogP contribution in [0.25, 0.3) is 0 Å². The first kappa shape index (κ1) is 14.0. The lowest BCUT2D eigenvalue weighted by atomic mass is 10.2. The lowest BCUT2D eigenvalue weighted by Gasteiger charge is -2.05. The molecule has 0 bridgehead atoms. The molecule has 19 heavy (non-hydrogen) atoms. The molecule has 1 aromatic carbocycles. The normalized spacial score (nSPS) is 10.4. The summed E-state index contributed by atoms with van der Waals surface area (Å²) in [6, 6.07) is 5.65. The fourth-order valence-electron chi connectivity index (χ4n) is 1.44. The van der Waals surface area contributed by atoms with Crippen molar-refractivity contribution in [1.29, 1.82) is 0 Å². The Morgan fingerprint density at radius 2 is 2.16 bits per heavy atom. The van der Waals surface area contributed by atoms with Gasteiger partial charge in [-0.2, -0.15) is 0 Å². The molecule has 98 valence electrons. The van der Waals surface area contributed by atoms with Crippen molar-refractivity contribution in [2.45, 2.75) is 10.6 Å². The molecule has 0 amide bonds. The highest BCUT2D eigenvalue weighted by molar-refractivity contribution is 9.10. The van der Waals surface area contributed by atoms with Gasteiger partial charge in [-0.3, -0.25) is 4.98 Å². The van der Waals surface area contributed by atoms with Gasteiger partial charge < -0.3 is 5.11 Å². The van der Waals surface area contributed by atoms with Crippen LogP contribution in [0.2, 0.25) is 0 Å². The summed E-state index contributed by atoms with van der Waals surface area (Å²) < 4.78 is 14.4. The van der Waals surface area contributed by atoms with Crippen LogP contribution >= 0.6 is 27.7 Å². The second-order valence-corrected chi connectivity index (χ2v) is 5.68. The molecule has 0 fully saturated rings. The summed E-state index contributed by atoms with van der Waals surface area (Å²) in [4.78, 5) is 15.2. The number of carbonyl (C=O) groups is 1. The summed E-state index contributed by atoms with van der Waals surface area (Å²) >= 11 is 4.55. The van der Waals surface area contributed by atoms with Gasteiger partial charge in [-0.25, -0.2) is 9.18 Å². The number of pyridine rings is 1. The number of halogens is 2. The molecular formula is C13H9BrFNO2S. The molecule has 1 aromatic heterocycles. The zero-order valence-electron chi connectivity index (χ0n) is 9.64. The summed E-state index contributed by atoms with van der Waals surface area (Å²) in [5.41, 5.74) is 1.01. The standard InChI is InChI=1S/C13H9BrFNO2S/c14-10-3-8(5-16-6-10)7-19-12-4-9(13(17)18)1-2-11(12)15/h1-6H,7H2,(H,17,18). The first-order valence-electron chi connectivity index (χ1n) is 5.31. The Kier molecular flexibility index (Phi) is 4.55. The molecule has 2 rings (SSSR count). The van der Waals surface area contributed by atoms with Crippen LogP contribution in [0.1, 0.15) is 15.9 Å². The monoisotopic (exact) mass is 341 g/mol. The Morgan fingerprint density at radius 3 is 2.84 bits per heavy atom. The molecule has 1 N–H and O–H groups in total. The number of hydrogen-bond donors (Lipinski definition) is 1. The number of benzene rings is 1. The SMILES string of the molecule is O=C(O)c1ccc(F)c(SCc2cncc(Br)c2)c1. The maximum Gasteiger partial charge on any atom is 0.335 e. The first-order chi connectivity index (χ1) is 9.06. The predicted octanol–water partition coefficient (Wildman–Crippen LogP) is 3.97. The average molecular weight is 342 g/mol. The second kappa shape index (κ2) is 6.16. The molecule has 0 saturated heterocycles. The molecular weight excluding hydrogens is 333 g/mol. The molecule has 0 aliphatic rings. The largest absolute Gasteiger partial charge is 0.478 e. The molecule has 0 aliphatic carbocycles. The van der Waals surface area contributed by atoms with Gasteiger partial charge in [0.15, 0.2) is 0 Å². The van der Waals surface area contributed by atoms with E-state index in [1.165, 1.54) is 30.0 Å². The van der Waals surface area contributed by atoms with Crippen LogP contribution in [0.4, 0.5) is 4.39 Å². The number of aromatic nitrogens is 1. The molecule has 6 heteroatoms. The van der Waals surface area contributed by atoms with Crippen LogP contribution in [-0.2, 0) is 5.75 Å². The van der Waals surface area contributed by atoms with Crippen molar-refractivity contribution < 1.29 is 14.3 Å². The van der Waals surface area contributed by atoms with Crippen LogP contribution in [0.5, 0.6) is 0 Å². The van der Waals surface area contributed by atoms with Crippen molar-refractivity contribution in [2.75, 3.05) is 0 Å². The van der Waals surface area contributed by atoms with E-state index in [0.29, 0.717) is 10.6 Å². The van der Waals surface area contributed by atoms with Gasteiger partial charge in [0.25, 0.3) is 0 Å². The Bertz CT molecular complexity index is 621. The number of rotatable bonds is 4. The number of carboxylic acids is 1. The van der Waals surface area contributed by atoms with Crippen LogP contribution in [0, 0.1) is 5.82 Å². The molecule has 2 aromatic rings. The first-order valence-corrected chi connectivity index (χ1v) is 7.09. The third kappa shape index (κ3) is 3.78.